The first kappa shape index (κ1) is 18.6. The van der Waals surface area contributed by atoms with E-state index in [0.717, 1.165) is 10.6 Å². The first-order valence-electron chi connectivity index (χ1n) is 7.38. The standard InChI is InChI=1S/C15H16F3N3O4/c1-3-25-13(23)12-8(2)19-14(24)20-10(12)7-21-6-9(15(16,17)18)4-5-11(21)22/h4-6,8H,3,7H2,1-2H3,(H2,19,20,24)/t8-/m1/s1. The number of nitrogens with zero attached hydrogens (tertiary/aromatic N) is 1. The Morgan fingerprint density at radius 3 is 2.60 bits per heavy atom. The topological polar surface area (TPSA) is 89.4 Å². The summed E-state index contributed by atoms with van der Waals surface area (Å²) >= 11 is 0. The van der Waals surface area contributed by atoms with Crippen LogP contribution in [-0.2, 0) is 22.3 Å². The van der Waals surface area contributed by atoms with Gasteiger partial charge in [-0.3, -0.25) is 4.79 Å². The molecule has 0 aromatic carbocycles. The zero-order chi connectivity index (χ0) is 18.8. The van der Waals surface area contributed by atoms with Crippen LogP contribution in [0.2, 0.25) is 0 Å². The van der Waals surface area contributed by atoms with Crippen molar-refractivity contribution >= 4 is 12.0 Å². The number of carbonyl (C=O) groups excluding carboxylic acids is 2. The maximum atomic E-state index is 12.8. The largest absolute Gasteiger partial charge is 0.463 e. The van der Waals surface area contributed by atoms with Crippen LogP contribution in [0.3, 0.4) is 0 Å². The number of amides is 2. The molecule has 2 N–H and O–H groups in total. The van der Waals surface area contributed by atoms with Gasteiger partial charge < -0.3 is 19.9 Å². The van der Waals surface area contributed by atoms with Gasteiger partial charge in [-0.15, -0.1) is 0 Å². The minimum absolute atomic E-state index is 0.0103. The van der Waals surface area contributed by atoms with Crippen molar-refractivity contribution in [2.45, 2.75) is 32.6 Å². The van der Waals surface area contributed by atoms with Crippen LogP contribution in [0, 0.1) is 0 Å². The van der Waals surface area contributed by atoms with Crippen LogP contribution >= 0.6 is 0 Å². The maximum Gasteiger partial charge on any atom is 0.417 e. The lowest BCUT2D eigenvalue weighted by molar-refractivity contribution is -0.139. The number of esters is 1. The summed E-state index contributed by atoms with van der Waals surface area (Å²) in [5, 5.41) is 4.82. The van der Waals surface area contributed by atoms with Gasteiger partial charge >= 0.3 is 18.2 Å². The van der Waals surface area contributed by atoms with E-state index in [0.29, 0.717) is 12.3 Å². The summed E-state index contributed by atoms with van der Waals surface area (Å²) in [6.07, 6.45) is -3.99. The van der Waals surface area contributed by atoms with Gasteiger partial charge in [0.25, 0.3) is 5.56 Å². The number of hydrogen-bond donors (Lipinski definition) is 2. The van der Waals surface area contributed by atoms with Gasteiger partial charge in [-0.2, -0.15) is 13.2 Å². The fourth-order valence-corrected chi connectivity index (χ4v) is 2.40. The zero-order valence-corrected chi connectivity index (χ0v) is 13.4. The lowest BCUT2D eigenvalue weighted by atomic mass is 10.0. The molecule has 136 valence electrons. The SMILES string of the molecule is CCOC(=O)C1=C(Cn2cc(C(F)(F)F)ccc2=O)NC(=O)N[C@@H]1C. The Morgan fingerprint density at radius 2 is 2.00 bits per heavy atom. The Bertz CT molecular complexity index is 783. The van der Waals surface area contributed by atoms with E-state index < -0.39 is 41.9 Å². The van der Waals surface area contributed by atoms with Crippen molar-refractivity contribution in [2.24, 2.45) is 0 Å². The van der Waals surface area contributed by atoms with Crippen molar-refractivity contribution in [3.05, 3.63) is 45.5 Å². The van der Waals surface area contributed by atoms with Crippen LogP contribution in [0.25, 0.3) is 0 Å². The molecule has 10 heteroatoms. The van der Waals surface area contributed by atoms with Gasteiger partial charge in [0.1, 0.15) is 0 Å². The lowest BCUT2D eigenvalue weighted by Gasteiger charge is -2.27. The highest BCUT2D eigenvalue weighted by atomic mass is 19.4. The van der Waals surface area contributed by atoms with Gasteiger partial charge in [0, 0.05) is 12.3 Å². The molecule has 0 saturated carbocycles. The minimum Gasteiger partial charge on any atom is -0.463 e. The van der Waals surface area contributed by atoms with Crippen LogP contribution in [0.5, 0.6) is 0 Å². The summed E-state index contributed by atoms with van der Waals surface area (Å²) in [4.78, 5) is 35.6. The van der Waals surface area contributed by atoms with E-state index in [2.05, 4.69) is 10.6 Å². The fraction of sp³-hybridized carbons (Fsp3) is 0.400. The number of aromatic nitrogens is 1. The molecule has 1 aromatic heterocycles. The number of halogens is 3. The van der Waals surface area contributed by atoms with Gasteiger partial charge in [0.15, 0.2) is 0 Å². The summed E-state index contributed by atoms with van der Waals surface area (Å²) in [5.41, 5.74) is -1.66. The number of allylic oxidation sites excluding steroid dienone is 1. The molecule has 0 radical (unpaired) electrons. The van der Waals surface area contributed by atoms with E-state index in [1.807, 2.05) is 0 Å². The predicted molar refractivity (Wildman–Crippen MR) is 80.5 cm³/mol. The molecule has 7 nitrogen and oxygen atoms in total. The fourth-order valence-electron chi connectivity index (χ4n) is 2.40. The van der Waals surface area contributed by atoms with Gasteiger partial charge in [-0.25, -0.2) is 9.59 Å². The average molecular weight is 359 g/mol. The quantitative estimate of drug-likeness (QED) is 0.795. The summed E-state index contributed by atoms with van der Waals surface area (Å²) in [6.45, 7) is 2.79. The third kappa shape index (κ3) is 4.20. The molecule has 1 aliphatic rings. The van der Waals surface area contributed by atoms with Gasteiger partial charge in [-0.05, 0) is 19.9 Å². The molecule has 0 aliphatic carbocycles. The van der Waals surface area contributed by atoms with E-state index in [1.54, 1.807) is 6.92 Å². The van der Waals surface area contributed by atoms with Crippen LogP contribution in [-0.4, -0.2) is 29.2 Å². The molecular formula is C15H16F3N3O4. The maximum absolute atomic E-state index is 12.8. The molecule has 0 fully saturated rings. The highest BCUT2D eigenvalue weighted by molar-refractivity contribution is 5.94. The third-order valence-corrected chi connectivity index (χ3v) is 3.50. The van der Waals surface area contributed by atoms with Crippen LogP contribution < -0.4 is 16.2 Å². The van der Waals surface area contributed by atoms with Crippen LogP contribution in [0.1, 0.15) is 19.4 Å². The van der Waals surface area contributed by atoms with Crippen molar-refractivity contribution in [3.8, 4) is 0 Å². The van der Waals surface area contributed by atoms with Gasteiger partial charge in [0.2, 0.25) is 0 Å². The molecule has 1 aromatic rings. The van der Waals surface area contributed by atoms with E-state index in [4.69, 9.17) is 4.74 Å². The summed E-state index contributed by atoms with van der Waals surface area (Å²) < 4.78 is 44.2. The zero-order valence-electron chi connectivity index (χ0n) is 13.4. The molecule has 2 heterocycles. The normalized spacial score (nSPS) is 17.8. The molecule has 1 atom stereocenters. The number of pyridine rings is 1. The van der Waals surface area contributed by atoms with Gasteiger partial charge in [-0.1, -0.05) is 0 Å². The van der Waals surface area contributed by atoms with Gasteiger partial charge in [0.05, 0.1) is 36.0 Å². The Kier molecular flexibility index (Phi) is 5.19. The summed E-state index contributed by atoms with van der Waals surface area (Å²) in [6, 6.07) is 0.0999. The van der Waals surface area contributed by atoms with Crippen molar-refractivity contribution in [3.63, 3.8) is 0 Å². The monoisotopic (exact) mass is 359 g/mol. The van der Waals surface area contributed by atoms with Crippen molar-refractivity contribution in [1.82, 2.24) is 15.2 Å². The number of alkyl halides is 3. The number of carbonyl (C=O) groups is 2. The second kappa shape index (κ2) is 6.99. The molecule has 0 saturated heterocycles. The summed E-state index contributed by atoms with van der Waals surface area (Å²) in [7, 11) is 0. The van der Waals surface area contributed by atoms with Crippen molar-refractivity contribution < 1.29 is 27.5 Å². The number of nitrogens with one attached hydrogen (secondary N) is 2. The average Bonchev–Trinajstić information content (AvgIpc) is 2.47. The Balaban J connectivity index is 2.47. The van der Waals surface area contributed by atoms with Crippen LogP contribution in [0.4, 0.5) is 18.0 Å². The van der Waals surface area contributed by atoms with E-state index in [1.165, 1.54) is 6.92 Å². The number of rotatable bonds is 4. The molecule has 25 heavy (non-hydrogen) atoms. The lowest BCUT2D eigenvalue weighted by Crippen LogP contribution is -2.50. The number of urea groups is 1. The highest BCUT2D eigenvalue weighted by Gasteiger charge is 2.32. The van der Waals surface area contributed by atoms with Crippen molar-refractivity contribution in [2.75, 3.05) is 6.61 Å². The molecule has 2 amide bonds. The first-order valence-corrected chi connectivity index (χ1v) is 7.38. The Hall–Kier alpha value is -2.78. The minimum atomic E-state index is -4.63. The van der Waals surface area contributed by atoms with E-state index in [-0.39, 0.29) is 17.9 Å². The molecule has 0 unspecified atom stereocenters. The third-order valence-electron chi connectivity index (χ3n) is 3.50. The van der Waals surface area contributed by atoms with Crippen molar-refractivity contribution in [1.29, 1.82) is 0 Å². The molecule has 2 rings (SSSR count). The van der Waals surface area contributed by atoms with E-state index >= 15 is 0 Å². The molecule has 0 spiro atoms. The molecule has 0 bridgehead atoms. The summed E-state index contributed by atoms with van der Waals surface area (Å²) in [5.74, 6) is -0.725. The highest BCUT2D eigenvalue weighted by Crippen LogP contribution is 2.28. The second-order valence-electron chi connectivity index (χ2n) is 5.31. The second-order valence-corrected chi connectivity index (χ2v) is 5.31. The number of ether oxygens (including phenoxy) is 1. The predicted octanol–water partition coefficient (Wildman–Crippen LogP) is 1.39. The Labute approximate surface area is 140 Å². The van der Waals surface area contributed by atoms with E-state index in [9.17, 15) is 27.6 Å². The number of hydrogen-bond acceptors (Lipinski definition) is 4. The molecular weight excluding hydrogens is 343 g/mol. The smallest absolute Gasteiger partial charge is 0.417 e. The first-order chi connectivity index (χ1) is 11.6. The molecule has 1 aliphatic heterocycles. The Morgan fingerprint density at radius 1 is 1.32 bits per heavy atom. The van der Waals surface area contributed by atoms with Crippen LogP contribution in [0.15, 0.2) is 34.4 Å².